The van der Waals surface area contributed by atoms with Gasteiger partial charge in [-0.1, -0.05) is 19.9 Å². The van der Waals surface area contributed by atoms with Gasteiger partial charge in [-0.05, 0) is 57.1 Å². The standard InChI is InChI=1S/C23H41N5O2.HI/c1-6-24-23(26-12-20(9-10-29)11-17(2)3)27-14-21-7-8-22(25-13-21)28-15-18(4)30-19(5)16-28;/h7-8,13,17-20,29H,6,9-12,14-16H2,1-5H3,(H2,24,26,27);1H. The van der Waals surface area contributed by atoms with Crippen LogP contribution in [0, 0.1) is 11.8 Å². The van der Waals surface area contributed by atoms with Crippen LogP contribution in [0.1, 0.15) is 53.0 Å². The molecule has 0 aromatic carbocycles. The van der Waals surface area contributed by atoms with Gasteiger partial charge < -0.3 is 25.4 Å². The van der Waals surface area contributed by atoms with Gasteiger partial charge in [-0.15, -0.1) is 24.0 Å². The molecule has 0 aliphatic carbocycles. The van der Waals surface area contributed by atoms with Crippen LogP contribution in [0.2, 0.25) is 0 Å². The number of aliphatic imine (C=N–C) groups is 1. The Kier molecular flexibility index (Phi) is 13.4. The minimum Gasteiger partial charge on any atom is -0.396 e. The number of ether oxygens (including phenoxy) is 1. The lowest BCUT2D eigenvalue weighted by atomic mass is 9.94. The predicted octanol–water partition coefficient (Wildman–Crippen LogP) is 3.41. The monoisotopic (exact) mass is 547 g/mol. The Morgan fingerprint density at radius 2 is 1.97 bits per heavy atom. The molecule has 8 heteroatoms. The minimum absolute atomic E-state index is 0. The second-order valence-electron chi connectivity index (χ2n) is 8.77. The normalized spacial score (nSPS) is 20.4. The summed E-state index contributed by atoms with van der Waals surface area (Å²) in [7, 11) is 0. The smallest absolute Gasteiger partial charge is 0.191 e. The van der Waals surface area contributed by atoms with Crippen LogP contribution in [0.3, 0.4) is 0 Å². The van der Waals surface area contributed by atoms with Gasteiger partial charge in [-0.3, -0.25) is 0 Å². The van der Waals surface area contributed by atoms with Crippen LogP contribution in [-0.4, -0.2) is 61.0 Å². The molecule has 1 saturated heterocycles. The van der Waals surface area contributed by atoms with Gasteiger partial charge in [0.05, 0.1) is 18.8 Å². The number of nitrogens with zero attached hydrogens (tertiary/aromatic N) is 3. The van der Waals surface area contributed by atoms with Crippen molar-refractivity contribution in [2.75, 3.05) is 37.7 Å². The Morgan fingerprint density at radius 1 is 1.26 bits per heavy atom. The Balaban J connectivity index is 0.00000480. The Hall–Kier alpha value is -1.13. The number of aliphatic hydroxyl groups is 1. The van der Waals surface area contributed by atoms with E-state index in [-0.39, 0.29) is 42.8 Å². The Labute approximate surface area is 205 Å². The number of morpholine rings is 1. The van der Waals surface area contributed by atoms with Crippen LogP contribution >= 0.6 is 24.0 Å². The first-order valence-electron chi connectivity index (χ1n) is 11.4. The van der Waals surface area contributed by atoms with E-state index >= 15 is 0 Å². The molecule has 0 radical (unpaired) electrons. The zero-order valence-electron chi connectivity index (χ0n) is 19.8. The molecule has 0 saturated carbocycles. The highest BCUT2D eigenvalue weighted by Crippen LogP contribution is 2.18. The Morgan fingerprint density at radius 3 is 2.52 bits per heavy atom. The van der Waals surface area contributed by atoms with Crippen molar-refractivity contribution in [3.05, 3.63) is 23.9 Å². The highest BCUT2D eigenvalue weighted by molar-refractivity contribution is 14.0. The van der Waals surface area contributed by atoms with E-state index in [4.69, 9.17) is 9.73 Å². The van der Waals surface area contributed by atoms with E-state index in [1.165, 1.54) is 0 Å². The molecule has 7 nitrogen and oxygen atoms in total. The fraction of sp³-hybridized carbons (Fsp3) is 0.739. The van der Waals surface area contributed by atoms with Crippen molar-refractivity contribution in [3.8, 4) is 0 Å². The first-order chi connectivity index (χ1) is 14.4. The van der Waals surface area contributed by atoms with Crippen LogP contribution in [0.15, 0.2) is 23.3 Å². The summed E-state index contributed by atoms with van der Waals surface area (Å²) in [6.45, 7) is 14.9. The van der Waals surface area contributed by atoms with Crippen LogP contribution in [0.4, 0.5) is 5.82 Å². The van der Waals surface area contributed by atoms with Gasteiger partial charge >= 0.3 is 0 Å². The number of hydrogen-bond acceptors (Lipinski definition) is 5. The summed E-state index contributed by atoms with van der Waals surface area (Å²) in [5.74, 6) is 2.86. The number of guanidine groups is 1. The molecule has 1 aromatic rings. The molecular formula is C23H42IN5O2. The van der Waals surface area contributed by atoms with Crippen LogP contribution in [-0.2, 0) is 11.3 Å². The number of rotatable bonds is 10. The minimum atomic E-state index is 0. The van der Waals surface area contributed by atoms with E-state index in [0.29, 0.717) is 18.4 Å². The maximum Gasteiger partial charge on any atom is 0.191 e. The van der Waals surface area contributed by atoms with E-state index in [9.17, 15) is 5.11 Å². The van der Waals surface area contributed by atoms with Gasteiger partial charge in [0, 0.05) is 39.0 Å². The molecule has 31 heavy (non-hydrogen) atoms. The van der Waals surface area contributed by atoms with E-state index in [1.54, 1.807) is 0 Å². The Bertz CT molecular complexity index is 631. The molecule has 1 aliphatic heterocycles. The second-order valence-corrected chi connectivity index (χ2v) is 8.77. The molecular weight excluding hydrogens is 505 g/mol. The van der Waals surface area contributed by atoms with E-state index in [0.717, 1.165) is 56.4 Å². The number of nitrogens with one attached hydrogen (secondary N) is 2. The molecule has 1 aliphatic rings. The van der Waals surface area contributed by atoms with Crippen molar-refractivity contribution in [2.24, 2.45) is 16.8 Å². The molecule has 1 fully saturated rings. The topological polar surface area (TPSA) is 82.0 Å². The van der Waals surface area contributed by atoms with E-state index in [2.05, 4.69) is 67.3 Å². The van der Waals surface area contributed by atoms with Crippen molar-refractivity contribution >= 4 is 35.8 Å². The van der Waals surface area contributed by atoms with E-state index in [1.807, 2.05) is 6.20 Å². The molecule has 3 unspecified atom stereocenters. The maximum absolute atomic E-state index is 9.32. The predicted molar refractivity (Wildman–Crippen MR) is 139 cm³/mol. The van der Waals surface area contributed by atoms with Gasteiger partial charge in [0.15, 0.2) is 5.96 Å². The largest absolute Gasteiger partial charge is 0.396 e. The first kappa shape index (κ1) is 27.9. The fourth-order valence-corrected chi connectivity index (χ4v) is 3.97. The number of halogens is 1. The molecule has 0 amide bonds. The molecule has 2 rings (SSSR count). The van der Waals surface area contributed by atoms with Gasteiger partial charge in [0.1, 0.15) is 5.82 Å². The number of anilines is 1. The highest BCUT2D eigenvalue weighted by Gasteiger charge is 2.22. The number of pyridine rings is 1. The summed E-state index contributed by atoms with van der Waals surface area (Å²) < 4.78 is 5.81. The van der Waals surface area contributed by atoms with Crippen LogP contribution in [0.25, 0.3) is 0 Å². The molecule has 1 aromatic heterocycles. The summed E-state index contributed by atoms with van der Waals surface area (Å²) in [6, 6.07) is 4.18. The summed E-state index contributed by atoms with van der Waals surface area (Å²) in [4.78, 5) is 11.7. The zero-order valence-corrected chi connectivity index (χ0v) is 22.1. The van der Waals surface area contributed by atoms with Crippen LogP contribution < -0.4 is 15.5 Å². The van der Waals surface area contributed by atoms with Crippen molar-refractivity contribution < 1.29 is 9.84 Å². The molecule has 0 spiro atoms. The summed E-state index contributed by atoms with van der Waals surface area (Å²) in [5, 5.41) is 16.1. The van der Waals surface area contributed by atoms with Crippen molar-refractivity contribution in [3.63, 3.8) is 0 Å². The molecule has 0 bridgehead atoms. The SMILES string of the molecule is CCNC(=NCc1ccc(N2CC(C)OC(C)C2)nc1)NCC(CCO)CC(C)C.I. The zero-order chi connectivity index (χ0) is 21.9. The lowest BCUT2D eigenvalue weighted by Gasteiger charge is -2.36. The van der Waals surface area contributed by atoms with Gasteiger partial charge in [-0.25, -0.2) is 9.98 Å². The number of aromatic nitrogens is 1. The summed E-state index contributed by atoms with van der Waals surface area (Å²) in [5.41, 5.74) is 1.08. The third-order valence-electron chi connectivity index (χ3n) is 5.22. The van der Waals surface area contributed by atoms with Gasteiger partial charge in [0.2, 0.25) is 0 Å². The third kappa shape index (κ3) is 10.4. The molecule has 178 valence electrons. The van der Waals surface area contributed by atoms with Crippen molar-refractivity contribution in [1.82, 2.24) is 15.6 Å². The lowest BCUT2D eigenvalue weighted by Crippen LogP contribution is -2.45. The molecule has 2 heterocycles. The average Bonchev–Trinajstić information content (AvgIpc) is 2.69. The van der Waals surface area contributed by atoms with Gasteiger partial charge in [0.25, 0.3) is 0 Å². The van der Waals surface area contributed by atoms with Crippen LogP contribution in [0.5, 0.6) is 0 Å². The van der Waals surface area contributed by atoms with Gasteiger partial charge in [-0.2, -0.15) is 0 Å². The number of hydrogen-bond donors (Lipinski definition) is 3. The quantitative estimate of drug-likeness (QED) is 0.237. The summed E-state index contributed by atoms with van der Waals surface area (Å²) in [6.07, 6.45) is 4.27. The summed E-state index contributed by atoms with van der Waals surface area (Å²) >= 11 is 0. The molecule has 3 atom stereocenters. The molecule has 3 N–H and O–H groups in total. The van der Waals surface area contributed by atoms with Crippen molar-refractivity contribution in [2.45, 2.75) is 66.2 Å². The first-order valence-corrected chi connectivity index (χ1v) is 11.4. The number of aliphatic hydroxyl groups excluding tert-OH is 1. The highest BCUT2D eigenvalue weighted by atomic mass is 127. The second kappa shape index (κ2) is 14.8. The fourth-order valence-electron chi connectivity index (χ4n) is 3.97. The lowest BCUT2D eigenvalue weighted by molar-refractivity contribution is -0.00546. The average molecular weight is 548 g/mol. The third-order valence-corrected chi connectivity index (χ3v) is 5.22. The van der Waals surface area contributed by atoms with E-state index < -0.39 is 0 Å². The van der Waals surface area contributed by atoms with Crippen molar-refractivity contribution in [1.29, 1.82) is 0 Å². The maximum atomic E-state index is 9.32.